The van der Waals surface area contributed by atoms with E-state index in [-0.39, 0.29) is 6.29 Å². The maximum atomic E-state index is 5.52. The molecule has 1 aliphatic heterocycles. The fourth-order valence-corrected chi connectivity index (χ4v) is 1.63. The Balaban J connectivity index is 2.18. The first kappa shape index (κ1) is 11.2. The number of hydrogen-bond acceptors (Lipinski definition) is 2. The fraction of sp³-hybridized carbons (Fsp3) is 0.800. The smallest absolute Gasteiger partial charge is 0.158 e. The Kier molecular flexibility index (Phi) is 5.67. The van der Waals surface area contributed by atoms with E-state index in [1.165, 1.54) is 0 Å². The van der Waals surface area contributed by atoms with Gasteiger partial charge in [-0.3, -0.25) is 0 Å². The Hall–Kier alpha value is 0.140. The van der Waals surface area contributed by atoms with Gasteiger partial charge in [-0.1, -0.05) is 35.0 Å². The fourth-order valence-electron chi connectivity index (χ4n) is 1.25. The molecule has 0 amide bonds. The van der Waals surface area contributed by atoms with E-state index >= 15 is 0 Å². The van der Waals surface area contributed by atoms with Crippen LogP contribution in [0.5, 0.6) is 0 Å². The zero-order valence-electron chi connectivity index (χ0n) is 8.04. The van der Waals surface area contributed by atoms with Crippen LogP contribution in [0.25, 0.3) is 0 Å². The molecular weight excluding hydrogens is 232 g/mol. The van der Waals surface area contributed by atoms with Crippen LogP contribution in [0.1, 0.15) is 19.8 Å². The standard InChI is InChI=1S/C10H17BrO2/c1-2-3-4-9-7-12-10(5-6-11)13-8-9/h3-4,9-10H,2,5-8H2,1H3. The van der Waals surface area contributed by atoms with Crippen LogP contribution in [0.15, 0.2) is 12.2 Å². The summed E-state index contributed by atoms with van der Waals surface area (Å²) in [6.07, 6.45) is 6.38. The lowest BCUT2D eigenvalue weighted by Crippen LogP contribution is -2.31. The lowest BCUT2D eigenvalue weighted by molar-refractivity contribution is -0.192. The van der Waals surface area contributed by atoms with Crippen LogP contribution in [0.2, 0.25) is 0 Å². The molecule has 2 nitrogen and oxygen atoms in total. The number of allylic oxidation sites excluding steroid dienone is 1. The molecule has 1 rings (SSSR count). The molecule has 0 atom stereocenters. The van der Waals surface area contributed by atoms with Gasteiger partial charge < -0.3 is 9.47 Å². The van der Waals surface area contributed by atoms with E-state index in [4.69, 9.17) is 9.47 Å². The highest BCUT2D eigenvalue weighted by Crippen LogP contribution is 2.15. The lowest BCUT2D eigenvalue weighted by atomic mass is 10.1. The van der Waals surface area contributed by atoms with Crippen LogP contribution >= 0.6 is 15.9 Å². The molecule has 76 valence electrons. The normalized spacial score (nSPS) is 29.7. The summed E-state index contributed by atoms with van der Waals surface area (Å²) in [5, 5.41) is 0.938. The summed E-state index contributed by atoms with van der Waals surface area (Å²) in [6.45, 7) is 3.73. The van der Waals surface area contributed by atoms with Crippen molar-refractivity contribution in [3.63, 3.8) is 0 Å². The predicted molar refractivity (Wildman–Crippen MR) is 57.0 cm³/mol. The van der Waals surface area contributed by atoms with Crippen molar-refractivity contribution in [1.82, 2.24) is 0 Å². The molecule has 0 radical (unpaired) electrons. The zero-order chi connectivity index (χ0) is 9.52. The van der Waals surface area contributed by atoms with Crippen molar-refractivity contribution < 1.29 is 9.47 Å². The molecule has 0 spiro atoms. The van der Waals surface area contributed by atoms with E-state index in [0.29, 0.717) is 5.92 Å². The van der Waals surface area contributed by atoms with Crippen LogP contribution in [-0.2, 0) is 9.47 Å². The summed E-state index contributed by atoms with van der Waals surface area (Å²) in [5.74, 6) is 0.450. The Labute approximate surface area is 88.4 Å². The van der Waals surface area contributed by atoms with Crippen molar-refractivity contribution in [3.8, 4) is 0 Å². The summed E-state index contributed by atoms with van der Waals surface area (Å²) in [5.41, 5.74) is 0. The van der Waals surface area contributed by atoms with Gasteiger partial charge in [0.2, 0.25) is 0 Å². The average Bonchev–Trinajstić information content (AvgIpc) is 2.17. The van der Waals surface area contributed by atoms with Gasteiger partial charge in [0, 0.05) is 17.7 Å². The van der Waals surface area contributed by atoms with E-state index in [9.17, 15) is 0 Å². The molecule has 13 heavy (non-hydrogen) atoms. The molecule has 0 aromatic carbocycles. The number of alkyl halides is 1. The first-order valence-electron chi connectivity index (χ1n) is 4.82. The second-order valence-electron chi connectivity index (χ2n) is 3.17. The van der Waals surface area contributed by atoms with Crippen molar-refractivity contribution in [2.24, 2.45) is 5.92 Å². The molecule has 1 saturated heterocycles. The second-order valence-corrected chi connectivity index (χ2v) is 3.96. The Morgan fingerprint density at radius 1 is 1.38 bits per heavy atom. The van der Waals surface area contributed by atoms with Crippen LogP contribution in [0.3, 0.4) is 0 Å². The number of halogens is 1. The van der Waals surface area contributed by atoms with Crippen molar-refractivity contribution >= 4 is 15.9 Å². The van der Waals surface area contributed by atoms with Gasteiger partial charge in [-0.2, -0.15) is 0 Å². The third-order valence-electron chi connectivity index (χ3n) is 1.98. The van der Waals surface area contributed by atoms with Gasteiger partial charge in [0.05, 0.1) is 13.2 Å². The van der Waals surface area contributed by atoms with E-state index in [0.717, 1.165) is 31.4 Å². The van der Waals surface area contributed by atoms with Crippen molar-refractivity contribution in [1.29, 1.82) is 0 Å². The molecule has 0 aromatic rings. The minimum absolute atomic E-state index is 0.00523. The topological polar surface area (TPSA) is 18.5 Å². The highest BCUT2D eigenvalue weighted by Gasteiger charge is 2.19. The SMILES string of the molecule is CCC=CC1COC(CCBr)OC1. The molecule has 0 aromatic heterocycles. The molecule has 1 aliphatic rings. The summed E-state index contributed by atoms with van der Waals surface area (Å²) < 4.78 is 11.0. The first-order valence-corrected chi connectivity index (χ1v) is 5.94. The quantitative estimate of drug-likeness (QED) is 0.563. The molecule has 0 N–H and O–H groups in total. The monoisotopic (exact) mass is 248 g/mol. The Morgan fingerprint density at radius 2 is 2.08 bits per heavy atom. The number of rotatable bonds is 4. The van der Waals surface area contributed by atoms with Crippen LogP contribution < -0.4 is 0 Å². The van der Waals surface area contributed by atoms with E-state index < -0.39 is 0 Å². The van der Waals surface area contributed by atoms with Crippen LogP contribution in [0.4, 0.5) is 0 Å². The van der Waals surface area contributed by atoms with Gasteiger partial charge in [-0.25, -0.2) is 0 Å². The van der Waals surface area contributed by atoms with Gasteiger partial charge in [-0.05, 0) is 6.42 Å². The molecule has 3 heteroatoms. The maximum absolute atomic E-state index is 5.52. The Morgan fingerprint density at radius 3 is 2.62 bits per heavy atom. The predicted octanol–water partition coefficient (Wildman–Crippen LogP) is 2.73. The summed E-state index contributed by atoms with van der Waals surface area (Å²) >= 11 is 3.37. The van der Waals surface area contributed by atoms with Gasteiger partial charge in [-0.15, -0.1) is 0 Å². The van der Waals surface area contributed by atoms with Gasteiger partial charge in [0.1, 0.15) is 0 Å². The van der Waals surface area contributed by atoms with Gasteiger partial charge in [0.25, 0.3) is 0 Å². The highest BCUT2D eigenvalue weighted by atomic mass is 79.9. The maximum Gasteiger partial charge on any atom is 0.158 e. The van der Waals surface area contributed by atoms with Gasteiger partial charge in [0.15, 0.2) is 6.29 Å². The van der Waals surface area contributed by atoms with E-state index in [2.05, 4.69) is 35.0 Å². The van der Waals surface area contributed by atoms with Crippen molar-refractivity contribution in [2.45, 2.75) is 26.1 Å². The Bertz CT molecular complexity index is 151. The van der Waals surface area contributed by atoms with E-state index in [1.807, 2.05) is 0 Å². The number of hydrogen-bond donors (Lipinski definition) is 0. The van der Waals surface area contributed by atoms with Crippen molar-refractivity contribution in [3.05, 3.63) is 12.2 Å². The lowest BCUT2D eigenvalue weighted by Gasteiger charge is -2.27. The van der Waals surface area contributed by atoms with Gasteiger partial charge >= 0.3 is 0 Å². The summed E-state index contributed by atoms with van der Waals surface area (Å²) in [7, 11) is 0. The zero-order valence-corrected chi connectivity index (χ0v) is 9.63. The molecular formula is C10H17BrO2. The third-order valence-corrected chi connectivity index (χ3v) is 2.44. The average molecular weight is 249 g/mol. The second kappa shape index (κ2) is 6.57. The van der Waals surface area contributed by atoms with E-state index in [1.54, 1.807) is 0 Å². The van der Waals surface area contributed by atoms with Crippen molar-refractivity contribution in [2.75, 3.05) is 18.5 Å². The molecule has 0 aliphatic carbocycles. The molecule has 0 bridgehead atoms. The minimum atomic E-state index is 0.00523. The first-order chi connectivity index (χ1) is 6.36. The van der Waals surface area contributed by atoms with Crippen LogP contribution in [0, 0.1) is 5.92 Å². The molecule has 0 saturated carbocycles. The molecule has 0 unspecified atom stereocenters. The highest BCUT2D eigenvalue weighted by molar-refractivity contribution is 9.09. The van der Waals surface area contributed by atoms with Crippen LogP contribution in [-0.4, -0.2) is 24.8 Å². The summed E-state index contributed by atoms with van der Waals surface area (Å²) in [4.78, 5) is 0. The molecule has 1 fully saturated rings. The summed E-state index contributed by atoms with van der Waals surface area (Å²) in [6, 6.07) is 0. The molecule has 1 heterocycles. The largest absolute Gasteiger partial charge is 0.352 e. The minimum Gasteiger partial charge on any atom is -0.352 e. The number of ether oxygens (including phenoxy) is 2. The third kappa shape index (κ3) is 4.25.